The van der Waals surface area contributed by atoms with Gasteiger partial charge in [0, 0.05) is 12.0 Å². The lowest BCUT2D eigenvalue weighted by Gasteiger charge is -2.33. The molecule has 1 aromatic carbocycles. The standard InChI is InChI=1S/C16H20O/c1-16(2)8-7-15(17)13-9-11-5-3-4-6-12(11)10-14(13)16/h9-10H,3-8H2,1-2H3. The first-order chi connectivity index (χ1) is 8.08. The first-order valence-corrected chi connectivity index (χ1v) is 6.77. The molecule has 1 heteroatoms. The van der Waals surface area contributed by atoms with E-state index in [1.165, 1.54) is 36.0 Å². The number of hydrogen-bond donors (Lipinski definition) is 0. The second-order valence-corrected chi connectivity index (χ2v) is 6.18. The van der Waals surface area contributed by atoms with Gasteiger partial charge in [-0.1, -0.05) is 19.9 Å². The molecule has 17 heavy (non-hydrogen) atoms. The lowest BCUT2D eigenvalue weighted by atomic mass is 9.70. The molecule has 0 amide bonds. The van der Waals surface area contributed by atoms with E-state index in [9.17, 15) is 4.79 Å². The van der Waals surface area contributed by atoms with Crippen molar-refractivity contribution in [1.82, 2.24) is 0 Å². The van der Waals surface area contributed by atoms with E-state index in [0.29, 0.717) is 5.78 Å². The molecule has 0 saturated heterocycles. The Hall–Kier alpha value is -1.11. The zero-order valence-corrected chi connectivity index (χ0v) is 10.8. The van der Waals surface area contributed by atoms with Gasteiger partial charge in [-0.25, -0.2) is 0 Å². The van der Waals surface area contributed by atoms with Gasteiger partial charge in [-0.2, -0.15) is 0 Å². The predicted molar refractivity (Wildman–Crippen MR) is 69.7 cm³/mol. The smallest absolute Gasteiger partial charge is 0.163 e. The molecular formula is C16H20O. The molecule has 0 N–H and O–H groups in total. The summed E-state index contributed by atoms with van der Waals surface area (Å²) >= 11 is 0. The monoisotopic (exact) mass is 228 g/mol. The Morgan fingerprint density at radius 2 is 1.65 bits per heavy atom. The maximum absolute atomic E-state index is 12.1. The summed E-state index contributed by atoms with van der Waals surface area (Å²) in [6.07, 6.45) is 6.67. The van der Waals surface area contributed by atoms with E-state index in [4.69, 9.17) is 0 Å². The van der Waals surface area contributed by atoms with E-state index in [1.54, 1.807) is 0 Å². The Morgan fingerprint density at radius 3 is 2.35 bits per heavy atom. The van der Waals surface area contributed by atoms with Gasteiger partial charge in [0.15, 0.2) is 5.78 Å². The Bertz CT molecular complexity index is 483. The number of carbonyl (C=O) groups is 1. The molecule has 0 saturated carbocycles. The number of carbonyl (C=O) groups excluding carboxylic acids is 1. The van der Waals surface area contributed by atoms with Gasteiger partial charge >= 0.3 is 0 Å². The van der Waals surface area contributed by atoms with Crippen LogP contribution in [0, 0.1) is 0 Å². The highest BCUT2D eigenvalue weighted by atomic mass is 16.1. The molecule has 0 heterocycles. The molecule has 1 aromatic rings. The normalized spacial score (nSPS) is 21.9. The van der Waals surface area contributed by atoms with Gasteiger partial charge in [-0.3, -0.25) is 4.79 Å². The Balaban J connectivity index is 2.19. The summed E-state index contributed by atoms with van der Waals surface area (Å²) < 4.78 is 0. The Morgan fingerprint density at radius 1 is 1.00 bits per heavy atom. The van der Waals surface area contributed by atoms with Crippen molar-refractivity contribution in [2.75, 3.05) is 0 Å². The van der Waals surface area contributed by atoms with Gasteiger partial charge in [-0.05, 0) is 60.3 Å². The molecule has 0 aromatic heterocycles. The van der Waals surface area contributed by atoms with E-state index in [2.05, 4.69) is 26.0 Å². The van der Waals surface area contributed by atoms with Crippen LogP contribution in [0.25, 0.3) is 0 Å². The summed E-state index contributed by atoms with van der Waals surface area (Å²) in [5, 5.41) is 0. The summed E-state index contributed by atoms with van der Waals surface area (Å²) in [7, 11) is 0. The number of aryl methyl sites for hydroxylation is 2. The van der Waals surface area contributed by atoms with Crippen LogP contribution >= 0.6 is 0 Å². The fourth-order valence-electron chi connectivity index (χ4n) is 3.27. The minimum Gasteiger partial charge on any atom is -0.294 e. The zero-order chi connectivity index (χ0) is 12.0. The number of fused-ring (bicyclic) bond motifs is 2. The van der Waals surface area contributed by atoms with Crippen LogP contribution in [0.4, 0.5) is 0 Å². The third kappa shape index (κ3) is 1.72. The van der Waals surface area contributed by atoms with Crippen LogP contribution < -0.4 is 0 Å². The molecule has 1 nitrogen and oxygen atoms in total. The first-order valence-electron chi connectivity index (χ1n) is 6.77. The second-order valence-electron chi connectivity index (χ2n) is 6.18. The summed E-state index contributed by atoms with van der Waals surface area (Å²) in [4.78, 5) is 12.1. The largest absolute Gasteiger partial charge is 0.294 e. The third-order valence-electron chi connectivity index (χ3n) is 4.49. The fraction of sp³-hybridized carbons (Fsp3) is 0.562. The van der Waals surface area contributed by atoms with Crippen LogP contribution in [0.15, 0.2) is 12.1 Å². The number of hydrogen-bond acceptors (Lipinski definition) is 1. The highest BCUT2D eigenvalue weighted by Gasteiger charge is 2.32. The van der Waals surface area contributed by atoms with Crippen LogP contribution in [-0.2, 0) is 18.3 Å². The molecule has 0 radical (unpaired) electrons. The van der Waals surface area contributed by atoms with Gasteiger partial charge in [0.25, 0.3) is 0 Å². The molecule has 0 spiro atoms. The minimum atomic E-state index is 0.176. The maximum atomic E-state index is 12.1. The molecule has 0 aliphatic heterocycles. The molecule has 0 unspecified atom stereocenters. The summed E-state index contributed by atoms with van der Waals surface area (Å²) in [5.41, 5.74) is 5.42. The summed E-state index contributed by atoms with van der Waals surface area (Å²) in [5.74, 6) is 0.354. The SMILES string of the molecule is CC1(C)CCC(=O)c2cc3c(cc21)CCCC3. The average Bonchev–Trinajstić information content (AvgIpc) is 2.33. The second kappa shape index (κ2) is 3.69. The van der Waals surface area contributed by atoms with Gasteiger partial charge in [-0.15, -0.1) is 0 Å². The van der Waals surface area contributed by atoms with Crippen LogP contribution in [0.3, 0.4) is 0 Å². The summed E-state index contributed by atoms with van der Waals surface area (Å²) in [6.45, 7) is 4.54. The van der Waals surface area contributed by atoms with Crippen molar-refractivity contribution in [2.45, 2.75) is 57.8 Å². The average molecular weight is 228 g/mol. The van der Waals surface area contributed by atoms with Gasteiger partial charge in [0.1, 0.15) is 0 Å². The van der Waals surface area contributed by atoms with E-state index >= 15 is 0 Å². The quantitative estimate of drug-likeness (QED) is 0.659. The molecule has 0 fully saturated rings. The van der Waals surface area contributed by atoms with Gasteiger partial charge in [0.2, 0.25) is 0 Å². The van der Waals surface area contributed by atoms with Crippen LogP contribution in [0.5, 0.6) is 0 Å². The minimum absolute atomic E-state index is 0.176. The van der Waals surface area contributed by atoms with E-state index in [-0.39, 0.29) is 5.41 Å². The molecule has 0 atom stereocenters. The number of rotatable bonds is 0. The Labute approximate surface area is 103 Å². The van der Waals surface area contributed by atoms with Crippen molar-refractivity contribution in [1.29, 1.82) is 0 Å². The number of Topliss-reactive ketones (excluding diaryl/α,β-unsaturated/α-hetero) is 1. The van der Waals surface area contributed by atoms with Crippen molar-refractivity contribution >= 4 is 5.78 Å². The van der Waals surface area contributed by atoms with Crippen LogP contribution in [0.2, 0.25) is 0 Å². The lowest BCUT2D eigenvalue weighted by Crippen LogP contribution is -2.28. The predicted octanol–water partition coefficient (Wildman–Crippen LogP) is 3.82. The Kier molecular flexibility index (Phi) is 2.39. The molecule has 2 aliphatic rings. The van der Waals surface area contributed by atoms with Crippen molar-refractivity contribution in [3.63, 3.8) is 0 Å². The number of ketones is 1. The van der Waals surface area contributed by atoms with Crippen LogP contribution in [-0.4, -0.2) is 5.78 Å². The highest BCUT2D eigenvalue weighted by Crippen LogP contribution is 2.39. The lowest BCUT2D eigenvalue weighted by molar-refractivity contribution is 0.0956. The van der Waals surface area contributed by atoms with Gasteiger partial charge < -0.3 is 0 Å². The van der Waals surface area contributed by atoms with Crippen molar-refractivity contribution < 1.29 is 4.79 Å². The molecular weight excluding hydrogens is 208 g/mol. The first kappa shape index (κ1) is 11.0. The van der Waals surface area contributed by atoms with E-state index in [1.807, 2.05) is 0 Å². The number of benzene rings is 1. The van der Waals surface area contributed by atoms with Crippen LogP contribution in [0.1, 0.15) is 66.6 Å². The highest BCUT2D eigenvalue weighted by molar-refractivity contribution is 5.99. The zero-order valence-electron chi connectivity index (χ0n) is 10.8. The maximum Gasteiger partial charge on any atom is 0.163 e. The molecule has 90 valence electrons. The third-order valence-corrected chi connectivity index (χ3v) is 4.49. The van der Waals surface area contributed by atoms with Crippen molar-refractivity contribution in [3.05, 3.63) is 34.4 Å². The van der Waals surface area contributed by atoms with Crippen molar-refractivity contribution in [3.8, 4) is 0 Å². The molecule has 2 aliphatic carbocycles. The van der Waals surface area contributed by atoms with Gasteiger partial charge in [0.05, 0.1) is 0 Å². The fourth-order valence-corrected chi connectivity index (χ4v) is 3.27. The molecule has 3 rings (SSSR count). The van der Waals surface area contributed by atoms with Crippen molar-refractivity contribution in [2.24, 2.45) is 0 Å². The van der Waals surface area contributed by atoms with E-state index in [0.717, 1.165) is 24.8 Å². The molecule has 0 bridgehead atoms. The summed E-state index contributed by atoms with van der Waals surface area (Å²) in [6, 6.07) is 4.54. The van der Waals surface area contributed by atoms with E-state index < -0.39 is 0 Å². The topological polar surface area (TPSA) is 17.1 Å².